The van der Waals surface area contributed by atoms with Gasteiger partial charge in [0.25, 0.3) is 0 Å². The van der Waals surface area contributed by atoms with Crippen molar-refractivity contribution in [2.24, 2.45) is 11.7 Å². The number of anilines is 1. The summed E-state index contributed by atoms with van der Waals surface area (Å²) < 4.78 is 0. The highest BCUT2D eigenvalue weighted by Crippen LogP contribution is 2.22. The van der Waals surface area contributed by atoms with Crippen LogP contribution in [0.4, 0.5) is 5.95 Å². The Morgan fingerprint density at radius 2 is 2.05 bits per heavy atom. The van der Waals surface area contributed by atoms with Crippen molar-refractivity contribution in [2.75, 3.05) is 18.0 Å². The molecule has 2 atom stereocenters. The highest BCUT2D eigenvalue weighted by Gasteiger charge is 2.24. The second kappa shape index (κ2) is 5.09. The lowest BCUT2D eigenvalue weighted by atomic mass is 9.92. The number of piperidine rings is 1. The van der Waals surface area contributed by atoms with Gasteiger partial charge in [-0.05, 0) is 37.8 Å². The third-order valence-electron chi connectivity index (χ3n) is 3.83. The quantitative estimate of drug-likeness (QED) is 0.884. The minimum atomic E-state index is 0.219. The molecular formula is C14H19N5. The van der Waals surface area contributed by atoms with Crippen molar-refractivity contribution in [3.05, 3.63) is 24.3 Å². The molecule has 1 aliphatic rings. The van der Waals surface area contributed by atoms with Gasteiger partial charge in [-0.3, -0.25) is 0 Å². The van der Waals surface area contributed by atoms with Gasteiger partial charge in [0, 0.05) is 19.1 Å². The molecule has 1 saturated heterocycles. The lowest BCUT2D eigenvalue weighted by molar-refractivity contribution is 0.361. The molecule has 3 rings (SSSR count). The fraction of sp³-hybridized carbons (Fsp3) is 0.500. The summed E-state index contributed by atoms with van der Waals surface area (Å²) in [5, 5.41) is 8.49. The Labute approximate surface area is 112 Å². The van der Waals surface area contributed by atoms with Crippen LogP contribution < -0.4 is 10.6 Å². The number of para-hydroxylation sites is 1. The summed E-state index contributed by atoms with van der Waals surface area (Å²) in [5.41, 5.74) is 7.75. The van der Waals surface area contributed by atoms with Crippen LogP contribution in [0, 0.1) is 5.92 Å². The van der Waals surface area contributed by atoms with Gasteiger partial charge in [0.05, 0.1) is 5.52 Å². The molecule has 2 heterocycles. The van der Waals surface area contributed by atoms with Gasteiger partial charge in [0.1, 0.15) is 5.52 Å². The molecule has 2 unspecified atom stereocenters. The van der Waals surface area contributed by atoms with E-state index < -0.39 is 0 Å². The minimum Gasteiger partial charge on any atom is -0.339 e. The van der Waals surface area contributed by atoms with Crippen molar-refractivity contribution in [3.63, 3.8) is 0 Å². The molecule has 1 aliphatic heterocycles. The van der Waals surface area contributed by atoms with E-state index in [2.05, 4.69) is 27.0 Å². The van der Waals surface area contributed by atoms with Crippen molar-refractivity contribution in [3.8, 4) is 0 Å². The minimum absolute atomic E-state index is 0.219. The largest absolute Gasteiger partial charge is 0.339 e. The summed E-state index contributed by atoms with van der Waals surface area (Å²) in [5.74, 6) is 1.24. The van der Waals surface area contributed by atoms with E-state index in [1.807, 2.05) is 24.3 Å². The number of hydrogen-bond donors (Lipinski definition) is 1. The van der Waals surface area contributed by atoms with Crippen molar-refractivity contribution in [1.29, 1.82) is 0 Å². The normalized spacial score (nSPS) is 21.6. The van der Waals surface area contributed by atoms with E-state index in [0.29, 0.717) is 5.92 Å². The fourth-order valence-electron chi connectivity index (χ4n) is 2.63. The number of fused-ring (bicyclic) bond motifs is 1. The topological polar surface area (TPSA) is 67.9 Å². The molecule has 1 aromatic heterocycles. The van der Waals surface area contributed by atoms with Gasteiger partial charge >= 0.3 is 0 Å². The highest BCUT2D eigenvalue weighted by molar-refractivity contribution is 5.74. The Morgan fingerprint density at radius 3 is 2.84 bits per heavy atom. The smallest absolute Gasteiger partial charge is 0.245 e. The van der Waals surface area contributed by atoms with Crippen LogP contribution in [0.3, 0.4) is 0 Å². The van der Waals surface area contributed by atoms with Crippen LogP contribution in [0.1, 0.15) is 19.8 Å². The van der Waals surface area contributed by atoms with E-state index in [-0.39, 0.29) is 6.04 Å². The van der Waals surface area contributed by atoms with Gasteiger partial charge in [0.2, 0.25) is 5.95 Å². The average molecular weight is 257 g/mol. The van der Waals surface area contributed by atoms with E-state index in [4.69, 9.17) is 5.73 Å². The van der Waals surface area contributed by atoms with Crippen LogP contribution in [-0.4, -0.2) is 34.3 Å². The lowest BCUT2D eigenvalue weighted by Gasteiger charge is -2.34. The van der Waals surface area contributed by atoms with Gasteiger partial charge < -0.3 is 10.6 Å². The van der Waals surface area contributed by atoms with E-state index >= 15 is 0 Å². The molecule has 0 spiro atoms. The molecule has 19 heavy (non-hydrogen) atoms. The summed E-state index contributed by atoms with van der Waals surface area (Å²) in [6.07, 6.45) is 2.33. The summed E-state index contributed by atoms with van der Waals surface area (Å²) >= 11 is 0. The van der Waals surface area contributed by atoms with Crippen molar-refractivity contribution in [2.45, 2.75) is 25.8 Å². The first-order chi connectivity index (χ1) is 9.24. The van der Waals surface area contributed by atoms with E-state index in [0.717, 1.165) is 36.5 Å². The van der Waals surface area contributed by atoms with Crippen LogP contribution in [0.2, 0.25) is 0 Å². The van der Waals surface area contributed by atoms with Gasteiger partial charge in [-0.15, -0.1) is 10.2 Å². The highest BCUT2D eigenvalue weighted by atomic mass is 15.3. The third kappa shape index (κ3) is 2.51. The fourth-order valence-corrected chi connectivity index (χ4v) is 2.63. The standard InChI is InChI=1S/C14H19N5/c1-10(15)11-5-4-8-19(9-11)14-16-12-6-2-3-7-13(12)17-18-14/h2-3,6-7,10-11H,4-5,8-9,15H2,1H3. The number of nitrogens with two attached hydrogens (primary N) is 1. The van der Waals surface area contributed by atoms with E-state index in [1.165, 1.54) is 6.42 Å². The van der Waals surface area contributed by atoms with E-state index in [1.54, 1.807) is 0 Å². The molecular weight excluding hydrogens is 238 g/mol. The lowest BCUT2D eigenvalue weighted by Crippen LogP contribution is -2.43. The van der Waals surface area contributed by atoms with Gasteiger partial charge in [-0.1, -0.05) is 12.1 Å². The zero-order chi connectivity index (χ0) is 13.2. The summed E-state index contributed by atoms with van der Waals surface area (Å²) in [7, 11) is 0. The van der Waals surface area contributed by atoms with E-state index in [9.17, 15) is 0 Å². The zero-order valence-corrected chi connectivity index (χ0v) is 11.2. The van der Waals surface area contributed by atoms with Crippen molar-refractivity contribution >= 4 is 17.0 Å². The first-order valence-corrected chi connectivity index (χ1v) is 6.84. The predicted octanol–water partition coefficient (Wildman–Crippen LogP) is 1.59. The Kier molecular flexibility index (Phi) is 3.29. The van der Waals surface area contributed by atoms with Gasteiger partial charge in [-0.25, -0.2) is 4.98 Å². The Bertz CT molecular complexity index is 569. The first kappa shape index (κ1) is 12.3. The molecule has 0 radical (unpaired) electrons. The number of aromatic nitrogens is 3. The monoisotopic (exact) mass is 257 g/mol. The summed E-state index contributed by atoms with van der Waals surface area (Å²) in [6, 6.07) is 8.05. The molecule has 2 aromatic rings. The molecule has 0 bridgehead atoms. The molecule has 1 aromatic carbocycles. The molecule has 5 nitrogen and oxygen atoms in total. The maximum atomic E-state index is 6.01. The van der Waals surface area contributed by atoms with Crippen molar-refractivity contribution < 1.29 is 0 Å². The number of hydrogen-bond acceptors (Lipinski definition) is 5. The van der Waals surface area contributed by atoms with Crippen LogP contribution in [0.5, 0.6) is 0 Å². The summed E-state index contributed by atoms with van der Waals surface area (Å²) in [4.78, 5) is 6.81. The van der Waals surface area contributed by atoms with Gasteiger partial charge in [-0.2, -0.15) is 0 Å². The zero-order valence-electron chi connectivity index (χ0n) is 11.2. The summed E-state index contributed by atoms with van der Waals surface area (Å²) in [6.45, 7) is 3.99. The third-order valence-corrected chi connectivity index (χ3v) is 3.83. The van der Waals surface area contributed by atoms with Crippen LogP contribution in [0.15, 0.2) is 24.3 Å². The Balaban J connectivity index is 1.87. The predicted molar refractivity (Wildman–Crippen MR) is 75.9 cm³/mol. The second-order valence-electron chi connectivity index (χ2n) is 5.31. The molecule has 100 valence electrons. The molecule has 5 heteroatoms. The van der Waals surface area contributed by atoms with Crippen LogP contribution in [0.25, 0.3) is 11.0 Å². The first-order valence-electron chi connectivity index (χ1n) is 6.84. The maximum absolute atomic E-state index is 6.01. The SMILES string of the molecule is CC(N)C1CCCN(c2nnc3ccccc3n2)C1. The maximum Gasteiger partial charge on any atom is 0.245 e. The Hall–Kier alpha value is -1.75. The molecule has 2 N–H and O–H groups in total. The molecule has 0 saturated carbocycles. The number of rotatable bonds is 2. The van der Waals surface area contributed by atoms with Crippen LogP contribution in [-0.2, 0) is 0 Å². The number of nitrogens with zero attached hydrogens (tertiary/aromatic N) is 4. The van der Waals surface area contributed by atoms with Gasteiger partial charge in [0.15, 0.2) is 0 Å². The van der Waals surface area contributed by atoms with Crippen molar-refractivity contribution in [1.82, 2.24) is 15.2 Å². The second-order valence-corrected chi connectivity index (χ2v) is 5.31. The number of benzene rings is 1. The molecule has 1 fully saturated rings. The van der Waals surface area contributed by atoms with Crippen LogP contribution >= 0.6 is 0 Å². The molecule has 0 aliphatic carbocycles. The molecule has 0 amide bonds. The average Bonchev–Trinajstić information content (AvgIpc) is 2.47. The Morgan fingerprint density at radius 1 is 1.26 bits per heavy atom.